The summed E-state index contributed by atoms with van der Waals surface area (Å²) in [6.07, 6.45) is 3.64. The van der Waals surface area contributed by atoms with Crippen molar-refractivity contribution in [2.24, 2.45) is 5.92 Å². The Balaban J connectivity index is 2.08. The van der Waals surface area contributed by atoms with Crippen LogP contribution < -0.4 is 5.73 Å². The zero-order valence-electron chi connectivity index (χ0n) is 8.90. The summed E-state index contributed by atoms with van der Waals surface area (Å²) in [4.78, 5) is 0. The first-order valence-electron chi connectivity index (χ1n) is 5.37. The maximum atomic E-state index is 5.79. The average molecular weight is 194 g/mol. The monoisotopic (exact) mass is 194 g/mol. The van der Waals surface area contributed by atoms with Gasteiger partial charge in [0.15, 0.2) is 5.82 Å². The van der Waals surface area contributed by atoms with Gasteiger partial charge in [0.25, 0.3) is 0 Å². The van der Waals surface area contributed by atoms with E-state index in [4.69, 9.17) is 5.73 Å². The van der Waals surface area contributed by atoms with Gasteiger partial charge in [0.2, 0.25) is 0 Å². The van der Waals surface area contributed by atoms with Gasteiger partial charge in [-0.2, -0.15) is 0 Å². The van der Waals surface area contributed by atoms with Gasteiger partial charge in [-0.05, 0) is 25.2 Å². The molecule has 14 heavy (non-hydrogen) atoms. The highest BCUT2D eigenvalue weighted by Crippen LogP contribution is 2.41. The lowest BCUT2D eigenvalue weighted by atomic mass is 10.1. The van der Waals surface area contributed by atoms with E-state index in [9.17, 15) is 0 Å². The largest absolute Gasteiger partial charge is 0.381 e. The number of nitrogen functional groups attached to an aromatic ring is 1. The van der Waals surface area contributed by atoms with E-state index in [0.29, 0.717) is 17.7 Å². The van der Waals surface area contributed by atoms with Crippen LogP contribution in [0.1, 0.15) is 44.7 Å². The quantitative estimate of drug-likeness (QED) is 0.795. The van der Waals surface area contributed by atoms with Crippen LogP contribution in [0.5, 0.6) is 0 Å². The lowest BCUT2D eigenvalue weighted by Crippen LogP contribution is -2.07. The number of nitrogens with two attached hydrogens (primary N) is 1. The molecule has 0 atom stereocenters. The number of anilines is 1. The van der Waals surface area contributed by atoms with Crippen LogP contribution in [-0.2, 0) is 6.54 Å². The van der Waals surface area contributed by atoms with Crippen LogP contribution in [0.4, 0.5) is 5.82 Å². The molecule has 0 bridgehead atoms. The summed E-state index contributed by atoms with van der Waals surface area (Å²) in [5.41, 5.74) is 6.97. The molecule has 4 heteroatoms. The minimum atomic E-state index is 0.635. The molecule has 0 spiro atoms. The predicted molar refractivity (Wildman–Crippen MR) is 55.9 cm³/mol. The molecule has 1 aliphatic rings. The number of hydrogen-bond acceptors (Lipinski definition) is 3. The van der Waals surface area contributed by atoms with Gasteiger partial charge >= 0.3 is 0 Å². The minimum absolute atomic E-state index is 0.635. The third kappa shape index (κ3) is 1.89. The topological polar surface area (TPSA) is 56.7 Å². The van der Waals surface area contributed by atoms with Gasteiger partial charge in [-0.15, -0.1) is 5.10 Å². The second kappa shape index (κ2) is 3.59. The highest BCUT2D eigenvalue weighted by molar-refractivity contribution is 5.38. The fourth-order valence-corrected chi connectivity index (χ4v) is 1.66. The van der Waals surface area contributed by atoms with Crippen molar-refractivity contribution >= 4 is 5.82 Å². The number of rotatable bonds is 4. The summed E-state index contributed by atoms with van der Waals surface area (Å²) in [7, 11) is 0. The van der Waals surface area contributed by atoms with Crippen molar-refractivity contribution in [2.75, 3.05) is 5.73 Å². The molecule has 1 fully saturated rings. The van der Waals surface area contributed by atoms with E-state index in [2.05, 4.69) is 24.2 Å². The van der Waals surface area contributed by atoms with Crippen molar-refractivity contribution in [1.29, 1.82) is 0 Å². The number of hydrogen-bond donors (Lipinski definition) is 1. The van der Waals surface area contributed by atoms with Crippen LogP contribution in [0.25, 0.3) is 0 Å². The summed E-state index contributed by atoms with van der Waals surface area (Å²) < 4.78 is 1.99. The van der Waals surface area contributed by atoms with Crippen LogP contribution in [0.15, 0.2) is 0 Å². The molecule has 0 aromatic carbocycles. The smallest absolute Gasteiger partial charge is 0.169 e. The number of aryl methyl sites for hydroxylation is 1. The van der Waals surface area contributed by atoms with E-state index in [-0.39, 0.29) is 0 Å². The summed E-state index contributed by atoms with van der Waals surface area (Å²) in [6.45, 7) is 5.39. The fourth-order valence-electron chi connectivity index (χ4n) is 1.66. The molecule has 1 aliphatic carbocycles. The Bertz CT molecular complexity index is 312. The van der Waals surface area contributed by atoms with Crippen LogP contribution in [0.3, 0.4) is 0 Å². The van der Waals surface area contributed by atoms with Gasteiger partial charge in [-0.25, -0.2) is 4.68 Å². The summed E-state index contributed by atoms with van der Waals surface area (Å²) in [5, 5.41) is 8.04. The molecule has 1 aromatic heterocycles. The van der Waals surface area contributed by atoms with Crippen LogP contribution in [-0.4, -0.2) is 15.0 Å². The molecule has 0 unspecified atom stereocenters. The zero-order valence-corrected chi connectivity index (χ0v) is 8.90. The van der Waals surface area contributed by atoms with Crippen LogP contribution in [0, 0.1) is 5.92 Å². The highest BCUT2D eigenvalue weighted by Gasteiger charge is 2.30. The third-order valence-corrected chi connectivity index (χ3v) is 2.68. The molecule has 1 saturated carbocycles. The van der Waals surface area contributed by atoms with E-state index >= 15 is 0 Å². The van der Waals surface area contributed by atoms with Crippen LogP contribution in [0.2, 0.25) is 0 Å². The van der Waals surface area contributed by atoms with Gasteiger partial charge in [-0.1, -0.05) is 19.1 Å². The Kier molecular flexibility index (Phi) is 2.44. The molecule has 0 amide bonds. The predicted octanol–water partition coefficient (Wildman–Crippen LogP) is 1.78. The fraction of sp³-hybridized carbons (Fsp3) is 0.800. The Hall–Kier alpha value is -1.06. The van der Waals surface area contributed by atoms with E-state index in [1.165, 1.54) is 18.5 Å². The lowest BCUT2D eigenvalue weighted by molar-refractivity contribution is 0.467. The van der Waals surface area contributed by atoms with Crippen molar-refractivity contribution in [2.45, 2.75) is 45.6 Å². The molecule has 0 aliphatic heterocycles. The first-order chi connectivity index (χ1) is 6.68. The van der Waals surface area contributed by atoms with E-state index < -0.39 is 0 Å². The second-order valence-corrected chi connectivity index (χ2v) is 4.54. The first kappa shape index (κ1) is 9.49. The molecule has 0 radical (unpaired) electrons. The van der Waals surface area contributed by atoms with Crippen molar-refractivity contribution in [3.8, 4) is 0 Å². The molecule has 2 N–H and O–H groups in total. The zero-order chi connectivity index (χ0) is 10.1. The van der Waals surface area contributed by atoms with E-state index in [1.807, 2.05) is 4.68 Å². The third-order valence-electron chi connectivity index (χ3n) is 2.68. The minimum Gasteiger partial charge on any atom is -0.381 e. The molecule has 4 nitrogen and oxygen atoms in total. The van der Waals surface area contributed by atoms with E-state index in [0.717, 1.165) is 13.0 Å². The Morgan fingerprint density at radius 1 is 1.50 bits per heavy atom. The molecule has 78 valence electrons. The van der Waals surface area contributed by atoms with Crippen LogP contribution >= 0.6 is 0 Å². The standard InChI is InChI=1S/C10H18N4/c1-7(2)5-6-14-9(8-3-4-8)10(11)12-13-14/h7-8H,3-6,11H2,1-2H3. The average Bonchev–Trinajstić information content (AvgIpc) is 2.88. The molecule has 1 aromatic rings. The maximum Gasteiger partial charge on any atom is 0.169 e. The van der Waals surface area contributed by atoms with Gasteiger partial charge in [0.05, 0.1) is 5.69 Å². The van der Waals surface area contributed by atoms with Gasteiger partial charge < -0.3 is 5.73 Å². The molecule has 1 heterocycles. The Morgan fingerprint density at radius 2 is 2.21 bits per heavy atom. The normalized spacial score (nSPS) is 16.5. The molecular weight excluding hydrogens is 176 g/mol. The van der Waals surface area contributed by atoms with Gasteiger partial charge in [0, 0.05) is 12.5 Å². The number of nitrogens with zero attached hydrogens (tertiary/aromatic N) is 3. The van der Waals surface area contributed by atoms with Gasteiger partial charge in [0.1, 0.15) is 0 Å². The first-order valence-corrected chi connectivity index (χ1v) is 5.37. The summed E-state index contributed by atoms with van der Waals surface area (Å²) in [5.74, 6) is 1.97. The Labute approximate surface area is 84.5 Å². The van der Waals surface area contributed by atoms with Crippen molar-refractivity contribution in [3.63, 3.8) is 0 Å². The SMILES string of the molecule is CC(C)CCn1nnc(N)c1C1CC1. The summed E-state index contributed by atoms with van der Waals surface area (Å²) in [6, 6.07) is 0. The summed E-state index contributed by atoms with van der Waals surface area (Å²) >= 11 is 0. The molecule has 2 rings (SSSR count). The van der Waals surface area contributed by atoms with Gasteiger partial charge in [-0.3, -0.25) is 0 Å². The molecule has 0 saturated heterocycles. The number of aromatic nitrogens is 3. The highest BCUT2D eigenvalue weighted by atomic mass is 15.4. The molecular formula is C10H18N4. The van der Waals surface area contributed by atoms with Crippen molar-refractivity contribution in [3.05, 3.63) is 5.69 Å². The van der Waals surface area contributed by atoms with Crippen molar-refractivity contribution < 1.29 is 0 Å². The maximum absolute atomic E-state index is 5.79. The Morgan fingerprint density at radius 3 is 2.79 bits per heavy atom. The lowest BCUT2D eigenvalue weighted by Gasteiger charge is -2.07. The van der Waals surface area contributed by atoms with E-state index in [1.54, 1.807) is 0 Å². The van der Waals surface area contributed by atoms with Crippen molar-refractivity contribution in [1.82, 2.24) is 15.0 Å². The second-order valence-electron chi connectivity index (χ2n) is 4.54.